The van der Waals surface area contributed by atoms with Gasteiger partial charge in [-0.3, -0.25) is 4.79 Å². The quantitative estimate of drug-likeness (QED) is 0.690. The van der Waals surface area contributed by atoms with E-state index in [1.54, 1.807) is 0 Å². The Morgan fingerprint density at radius 1 is 1.24 bits per heavy atom. The van der Waals surface area contributed by atoms with Gasteiger partial charge in [0.15, 0.2) is 5.78 Å². The highest BCUT2D eigenvalue weighted by Gasteiger charge is 2.57. The van der Waals surface area contributed by atoms with Crippen LogP contribution in [0, 0.1) is 29.1 Å². The molecular weight excluding hydrogens is 260 g/mol. The number of carbonyl (C=O) groups excluding carboxylic acids is 1. The maximum atomic E-state index is 11.7. The summed E-state index contributed by atoms with van der Waals surface area (Å²) in [5.74, 6) is 3.07. The molecule has 0 heterocycles. The molecule has 0 amide bonds. The summed E-state index contributed by atoms with van der Waals surface area (Å²) in [7, 11) is 0. The minimum atomic E-state index is -0.298. The number of allylic oxidation sites excluding steroid dienone is 1. The molecule has 4 aliphatic rings. The van der Waals surface area contributed by atoms with Gasteiger partial charge in [0.25, 0.3) is 0 Å². The van der Waals surface area contributed by atoms with E-state index < -0.39 is 0 Å². The average molecular weight is 286 g/mol. The van der Waals surface area contributed by atoms with Gasteiger partial charge in [-0.1, -0.05) is 19.1 Å². The summed E-state index contributed by atoms with van der Waals surface area (Å²) in [5.41, 5.74) is 2.56. The molecule has 3 saturated carbocycles. The Labute approximate surface area is 127 Å². The molecule has 0 aromatic carbocycles. The van der Waals surface area contributed by atoms with E-state index >= 15 is 0 Å². The van der Waals surface area contributed by atoms with Gasteiger partial charge in [-0.2, -0.15) is 0 Å². The van der Waals surface area contributed by atoms with Crippen molar-refractivity contribution in [3.05, 3.63) is 23.8 Å². The number of hydrogen-bond donors (Lipinski definition) is 1. The predicted octanol–water partition coefficient (Wildman–Crippen LogP) is 3.66. The average Bonchev–Trinajstić information content (AvgIpc) is 2.70. The fourth-order valence-electron chi connectivity index (χ4n) is 6.11. The number of aliphatic hydroxyl groups is 1. The summed E-state index contributed by atoms with van der Waals surface area (Å²) in [6, 6.07) is 0. The molecule has 2 heteroatoms. The normalized spacial score (nSPS) is 49.2. The lowest BCUT2D eigenvalue weighted by Gasteiger charge is -2.53. The van der Waals surface area contributed by atoms with Gasteiger partial charge in [0, 0.05) is 11.8 Å². The molecule has 0 saturated heterocycles. The Hall–Kier alpha value is -0.890. The number of rotatable bonds is 0. The zero-order valence-corrected chi connectivity index (χ0v) is 13.0. The Bertz CT molecular complexity index is 532. The third kappa shape index (κ3) is 1.84. The number of aliphatic hydroxyl groups excluding tert-OH is 1. The summed E-state index contributed by atoms with van der Waals surface area (Å²) in [5, 5.41) is 10.6. The molecule has 4 aliphatic carbocycles. The maximum Gasteiger partial charge on any atom is 0.155 e. The molecule has 0 aliphatic heterocycles. The van der Waals surface area contributed by atoms with E-state index in [-0.39, 0.29) is 11.5 Å². The summed E-state index contributed by atoms with van der Waals surface area (Å²) in [6.45, 7) is 6.41. The zero-order valence-electron chi connectivity index (χ0n) is 13.0. The van der Waals surface area contributed by atoms with Gasteiger partial charge in [0.1, 0.15) is 0 Å². The maximum absolute atomic E-state index is 11.7. The number of fused-ring (bicyclic) bond motifs is 5. The highest BCUT2D eigenvalue weighted by Crippen LogP contribution is 2.62. The van der Waals surface area contributed by atoms with Crippen LogP contribution < -0.4 is 0 Å². The molecule has 21 heavy (non-hydrogen) atoms. The van der Waals surface area contributed by atoms with Crippen LogP contribution in [0.3, 0.4) is 0 Å². The first kappa shape index (κ1) is 13.8. The first-order valence-electron chi connectivity index (χ1n) is 8.60. The second-order valence-electron chi connectivity index (χ2n) is 8.11. The van der Waals surface area contributed by atoms with E-state index in [9.17, 15) is 9.90 Å². The van der Waals surface area contributed by atoms with Crippen LogP contribution in [0.5, 0.6) is 0 Å². The third-order valence-electron chi connectivity index (χ3n) is 7.23. The Balaban J connectivity index is 1.65. The van der Waals surface area contributed by atoms with Crippen LogP contribution in [0.25, 0.3) is 0 Å². The smallest absolute Gasteiger partial charge is 0.155 e. The largest absolute Gasteiger partial charge is 0.388 e. The Morgan fingerprint density at radius 3 is 2.86 bits per heavy atom. The number of hydrogen-bond acceptors (Lipinski definition) is 2. The second-order valence-corrected chi connectivity index (χ2v) is 8.11. The summed E-state index contributed by atoms with van der Waals surface area (Å²) in [4.78, 5) is 11.7. The summed E-state index contributed by atoms with van der Waals surface area (Å²) in [6.07, 6.45) is 9.15. The van der Waals surface area contributed by atoms with Crippen LogP contribution in [-0.4, -0.2) is 17.0 Å². The molecule has 2 nitrogen and oxygen atoms in total. The van der Waals surface area contributed by atoms with Gasteiger partial charge in [0.2, 0.25) is 0 Å². The van der Waals surface area contributed by atoms with Gasteiger partial charge >= 0.3 is 0 Å². The fraction of sp³-hybridized carbons (Fsp3) is 0.737. The third-order valence-corrected chi connectivity index (χ3v) is 7.23. The van der Waals surface area contributed by atoms with E-state index in [0.29, 0.717) is 17.6 Å². The topological polar surface area (TPSA) is 37.3 Å². The van der Waals surface area contributed by atoms with Crippen LogP contribution in [0.2, 0.25) is 0 Å². The lowest BCUT2D eigenvalue weighted by Crippen LogP contribution is -2.47. The van der Waals surface area contributed by atoms with Gasteiger partial charge < -0.3 is 5.11 Å². The van der Waals surface area contributed by atoms with E-state index in [0.717, 1.165) is 49.5 Å². The van der Waals surface area contributed by atoms with Gasteiger partial charge in [-0.15, -0.1) is 0 Å². The zero-order chi connectivity index (χ0) is 14.8. The molecule has 0 spiro atoms. The monoisotopic (exact) mass is 286 g/mol. The first-order chi connectivity index (χ1) is 10.0. The minimum Gasteiger partial charge on any atom is -0.388 e. The summed E-state index contributed by atoms with van der Waals surface area (Å²) >= 11 is 0. The Kier molecular flexibility index (Phi) is 2.98. The minimum absolute atomic E-state index is 0.0595. The lowest BCUT2D eigenvalue weighted by molar-refractivity contribution is -0.116. The van der Waals surface area contributed by atoms with Crippen molar-refractivity contribution in [3.63, 3.8) is 0 Å². The van der Waals surface area contributed by atoms with Crippen LogP contribution in [0.15, 0.2) is 23.8 Å². The molecule has 2 unspecified atom stereocenters. The van der Waals surface area contributed by atoms with Crippen molar-refractivity contribution in [1.29, 1.82) is 0 Å². The van der Waals surface area contributed by atoms with Crippen molar-refractivity contribution in [2.75, 3.05) is 0 Å². The lowest BCUT2D eigenvalue weighted by atomic mass is 9.52. The summed E-state index contributed by atoms with van der Waals surface area (Å²) < 4.78 is 0. The van der Waals surface area contributed by atoms with E-state index in [1.165, 1.54) is 18.4 Å². The highest BCUT2D eigenvalue weighted by molar-refractivity contribution is 5.91. The van der Waals surface area contributed by atoms with Crippen molar-refractivity contribution >= 4 is 5.78 Å². The van der Waals surface area contributed by atoms with Crippen LogP contribution in [0.4, 0.5) is 0 Å². The molecule has 4 rings (SSSR count). The van der Waals surface area contributed by atoms with Crippen LogP contribution in [-0.2, 0) is 4.79 Å². The van der Waals surface area contributed by atoms with Crippen molar-refractivity contribution in [1.82, 2.24) is 0 Å². The van der Waals surface area contributed by atoms with E-state index in [1.807, 2.05) is 6.08 Å². The van der Waals surface area contributed by atoms with Crippen LogP contribution in [0.1, 0.15) is 51.9 Å². The molecule has 0 aromatic rings. The van der Waals surface area contributed by atoms with Gasteiger partial charge in [-0.25, -0.2) is 0 Å². The van der Waals surface area contributed by atoms with Crippen LogP contribution >= 0.6 is 0 Å². The molecule has 6 atom stereocenters. The van der Waals surface area contributed by atoms with E-state index in [4.69, 9.17) is 0 Å². The van der Waals surface area contributed by atoms with E-state index in [2.05, 4.69) is 13.5 Å². The van der Waals surface area contributed by atoms with Crippen molar-refractivity contribution in [2.24, 2.45) is 29.1 Å². The Morgan fingerprint density at radius 2 is 2.05 bits per heavy atom. The molecule has 3 fully saturated rings. The molecule has 0 aromatic heterocycles. The molecule has 114 valence electrons. The van der Waals surface area contributed by atoms with Crippen molar-refractivity contribution in [2.45, 2.75) is 58.0 Å². The van der Waals surface area contributed by atoms with Crippen molar-refractivity contribution in [3.8, 4) is 0 Å². The number of carbonyl (C=O) groups is 1. The standard InChI is InChI=1S/C19H26O2/c1-11-9-17-16-5-3-12-10-13(20)4-6-14(12)15(16)7-8-19(17,2)18(11)21/h10,14-18,21H,1,3-9H2,2H3/t14-,15?,16+,17?,18-,19-/m0/s1. The van der Waals surface area contributed by atoms with Gasteiger partial charge in [-0.05, 0) is 73.8 Å². The highest BCUT2D eigenvalue weighted by atomic mass is 16.3. The molecular formula is C19H26O2. The fourth-order valence-corrected chi connectivity index (χ4v) is 6.11. The molecule has 1 N–H and O–H groups in total. The van der Waals surface area contributed by atoms with Crippen molar-refractivity contribution < 1.29 is 9.90 Å². The predicted molar refractivity (Wildman–Crippen MR) is 82.6 cm³/mol. The first-order valence-corrected chi connectivity index (χ1v) is 8.60. The molecule has 0 radical (unpaired) electrons. The second kappa shape index (κ2) is 4.55. The SMILES string of the molecule is C=C1CC2[C@@H]3CCC4=CC(=O)CC[C@@H]4C3CC[C@]2(C)[C@H]1O. The molecule has 0 bridgehead atoms. The van der Waals surface area contributed by atoms with Gasteiger partial charge in [0.05, 0.1) is 6.10 Å². The number of ketones is 1.